The van der Waals surface area contributed by atoms with Gasteiger partial charge in [0.2, 0.25) is 11.8 Å². The highest BCUT2D eigenvalue weighted by Gasteiger charge is 2.56. The first kappa shape index (κ1) is 17.0. The Bertz CT molecular complexity index is 780. The van der Waals surface area contributed by atoms with Crippen molar-refractivity contribution in [2.75, 3.05) is 12.4 Å². The molecular weight excluding hydrogens is 316 g/mol. The summed E-state index contributed by atoms with van der Waals surface area (Å²) in [6.07, 6.45) is 1.14. The van der Waals surface area contributed by atoms with Gasteiger partial charge in [-0.1, -0.05) is 35.9 Å². The largest absolute Gasteiger partial charge is 0.497 e. The first-order valence-corrected chi connectivity index (χ1v) is 8.33. The summed E-state index contributed by atoms with van der Waals surface area (Å²) in [6, 6.07) is 15.1. The lowest BCUT2D eigenvalue weighted by atomic mass is 10.0. The molecule has 2 amide bonds. The average Bonchev–Trinajstić information content (AvgIpc) is 3.43. The van der Waals surface area contributed by atoms with Crippen LogP contribution in [0.1, 0.15) is 24.0 Å². The van der Waals surface area contributed by atoms with Crippen LogP contribution in [0.5, 0.6) is 5.75 Å². The molecule has 2 aromatic rings. The zero-order chi connectivity index (χ0) is 17.9. The van der Waals surface area contributed by atoms with Gasteiger partial charge in [-0.25, -0.2) is 0 Å². The van der Waals surface area contributed by atoms with Crippen molar-refractivity contribution in [2.45, 2.75) is 26.3 Å². The third-order valence-electron chi connectivity index (χ3n) is 4.52. The highest BCUT2D eigenvalue weighted by Crippen LogP contribution is 2.47. The molecule has 0 aromatic heterocycles. The van der Waals surface area contributed by atoms with E-state index >= 15 is 0 Å². The maximum absolute atomic E-state index is 12.6. The molecule has 0 heterocycles. The molecule has 130 valence electrons. The summed E-state index contributed by atoms with van der Waals surface area (Å²) in [7, 11) is 1.57. The van der Waals surface area contributed by atoms with Crippen molar-refractivity contribution in [2.24, 2.45) is 5.41 Å². The van der Waals surface area contributed by atoms with Crippen LogP contribution in [-0.4, -0.2) is 18.9 Å². The van der Waals surface area contributed by atoms with Crippen molar-refractivity contribution in [1.29, 1.82) is 0 Å². The van der Waals surface area contributed by atoms with Gasteiger partial charge in [-0.05, 0) is 37.5 Å². The predicted octanol–water partition coefficient (Wildman–Crippen LogP) is 3.04. The highest BCUT2D eigenvalue weighted by molar-refractivity contribution is 6.13. The van der Waals surface area contributed by atoms with Gasteiger partial charge in [0, 0.05) is 18.3 Å². The molecule has 3 rings (SSSR count). The molecular formula is C20H22N2O3. The molecule has 0 radical (unpaired) electrons. The standard InChI is InChI=1S/C20H22N2O3/c1-14-6-8-15(9-7-14)13-21-18(23)20(10-11-20)19(24)22-16-4-3-5-17(12-16)25-2/h3-9,12H,10-11,13H2,1-2H3,(H,21,23)(H,22,24). The number of benzene rings is 2. The number of aryl methyl sites for hydroxylation is 1. The fourth-order valence-electron chi connectivity index (χ4n) is 2.69. The summed E-state index contributed by atoms with van der Waals surface area (Å²) in [6.45, 7) is 2.44. The van der Waals surface area contributed by atoms with Crippen LogP contribution in [0.4, 0.5) is 5.69 Å². The molecule has 2 aromatic carbocycles. The molecule has 0 bridgehead atoms. The minimum atomic E-state index is -0.951. The van der Waals surface area contributed by atoms with E-state index in [2.05, 4.69) is 10.6 Å². The number of methoxy groups -OCH3 is 1. The van der Waals surface area contributed by atoms with E-state index in [1.165, 1.54) is 5.56 Å². The maximum Gasteiger partial charge on any atom is 0.240 e. The minimum absolute atomic E-state index is 0.214. The molecule has 0 aliphatic heterocycles. The number of ether oxygens (including phenoxy) is 1. The van der Waals surface area contributed by atoms with Crippen LogP contribution in [0.15, 0.2) is 48.5 Å². The van der Waals surface area contributed by atoms with E-state index in [9.17, 15) is 9.59 Å². The van der Waals surface area contributed by atoms with Crippen LogP contribution in [0.2, 0.25) is 0 Å². The molecule has 1 aliphatic rings. The number of nitrogens with one attached hydrogen (secondary N) is 2. The maximum atomic E-state index is 12.6. The molecule has 5 heteroatoms. The van der Waals surface area contributed by atoms with Gasteiger partial charge in [0.05, 0.1) is 7.11 Å². The van der Waals surface area contributed by atoms with Gasteiger partial charge in [-0.3, -0.25) is 9.59 Å². The second-order valence-electron chi connectivity index (χ2n) is 6.44. The second-order valence-corrected chi connectivity index (χ2v) is 6.44. The van der Waals surface area contributed by atoms with Crippen LogP contribution in [0.3, 0.4) is 0 Å². The van der Waals surface area contributed by atoms with Gasteiger partial charge < -0.3 is 15.4 Å². The van der Waals surface area contributed by atoms with Crippen molar-refractivity contribution in [3.63, 3.8) is 0 Å². The molecule has 2 N–H and O–H groups in total. The lowest BCUT2D eigenvalue weighted by molar-refractivity contribution is -0.134. The van der Waals surface area contributed by atoms with Crippen LogP contribution >= 0.6 is 0 Å². The van der Waals surface area contributed by atoms with Crippen molar-refractivity contribution in [3.8, 4) is 5.75 Å². The highest BCUT2D eigenvalue weighted by atomic mass is 16.5. The number of carbonyl (C=O) groups excluding carboxylic acids is 2. The van der Waals surface area contributed by atoms with Gasteiger partial charge in [0.1, 0.15) is 11.2 Å². The Balaban J connectivity index is 1.61. The molecule has 1 fully saturated rings. The van der Waals surface area contributed by atoms with Crippen LogP contribution in [-0.2, 0) is 16.1 Å². The zero-order valence-corrected chi connectivity index (χ0v) is 14.5. The second kappa shape index (κ2) is 6.97. The third-order valence-corrected chi connectivity index (χ3v) is 4.52. The Labute approximate surface area is 147 Å². The smallest absolute Gasteiger partial charge is 0.240 e. The predicted molar refractivity (Wildman–Crippen MR) is 96.3 cm³/mol. The van der Waals surface area contributed by atoms with Gasteiger partial charge in [0.25, 0.3) is 0 Å². The van der Waals surface area contributed by atoms with E-state index < -0.39 is 5.41 Å². The van der Waals surface area contributed by atoms with Crippen LogP contribution in [0.25, 0.3) is 0 Å². The molecule has 0 saturated heterocycles. The summed E-state index contributed by atoms with van der Waals surface area (Å²) in [5.41, 5.74) is 1.87. The van der Waals surface area contributed by atoms with Gasteiger partial charge in [0.15, 0.2) is 0 Å². The normalized spacial score (nSPS) is 14.5. The monoisotopic (exact) mass is 338 g/mol. The van der Waals surface area contributed by atoms with Gasteiger partial charge in [-0.2, -0.15) is 0 Å². The number of hydrogen-bond donors (Lipinski definition) is 2. The summed E-state index contributed by atoms with van der Waals surface area (Å²) < 4.78 is 5.15. The molecule has 25 heavy (non-hydrogen) atoms. The summed E-state index contributed by atoms with van der Waals surface area (Å²) in [5, 5.41) is 5.71. The lowest BCUT2D eigenvalue weighted by Crippen LogP contribution is -2.39. The van der Waals surface area contributed by atoms with E-state index in [0.29, 0.717) is 30.8 Å². The SMILES string of the molecule is COc1cccc(NC(=O)C2(C(=O)NCc3ccc(C)cc3)CC2)c1. The lowest BCUT2D eigenvalue weighted by Gasteiger charge is -2.16. The minimum Gasteiger partial charge on any atom is -0.497 e. The van der Waals surface area contributed by atoms with E-state index in [0.717, 1.165) is 5.56 Å². The zero-order valence-electron chi connectivity index (χ0n) is 14.5. The summed E-state index contributed by atoms with van der Waals surface area (Å²) in [5.74, 6) is 0.182. The molecule has 0 atom stereocenters. The van der Waals surface area contributed by atoms with Crippen molar-refractivity contribution in [3.05, 3.63) is 59.7 Å². The Morgan fingerprint density at radius 2 is 1.80 bits per heavy atom. The summed E-state index contributed by atoms with van der Waals surface area (Å²) in [4.78, 5) is 25.1. The molecule has 1 saturated carbocycles. The fraction of sp³-hybridized carbons (Fsp3) is 0.300. The topological polar surface area (TPSA) is 67.4 Å². The van der Waals surface area contributed by atoms with Crippen molar-refractivity contribution < 1.29 is 14.3 Å². The van der Waals surface area contributed by atoms with Crippen molar-refractivity contribution in [1.82, 2.24) is 5.32 Å². The first-order valence-electron chi connectivity index (χ1n) is 8.33. The Morgan fingerprint density at radius 1 is 1.08 bits per heavy atom. The van der Waals surface area contributed by atoms with E-state index in [4.69, 9.17) is 4.74 Å². The van der Waals surface area contributed by atoms with Gasteiger partial charge >= 0.3 is 0 Å². The third kappa shape index (κ3) is 3.82. The fourth-order valence-corrected chi connectivity index (χ4v) is 2.69. The van der Waals surface area contributed by atoms with E-state index in [1.807, 2.05) is 31.2 Å². The Kier molecular flexibility index (Phi) is 4.74. The molecule has 0 unspecified atom stereocenters. The number of amides is 2. The Hall–Kier alpha value is -2.82. The molecule has 0 spiro atoms. The number of rotatable bonds is 6. The number of hydrogen-bond acceptors (Lipinski definition) is 3. The molecule has 5 nitrogen and oxygen atoms in total. The van der Waals surface area contributed by atoms with Crippen LogP contribution in [0, 0.1) is 12.3 Å². The van der Waals surface area contributed by atoms with Crippen molar-refractivity contribution >= 4 is 17.5 Å². The van der Waals surface area contributed by atoms with Gasteiger partial charge in [-0.15, -0.1) is 0 Å². The van der Waals surface area contributed by atoms with E-state index in [-0.39, 0.29) is 11.8 Å². The number of carbonyl (C=O) groups is 2. The summed E-state index contributed by atoms with van der Waals surface area (Å²) >= 11 is 0. The molecule has 1 aliphatic carbocycles. The average molecular weight is 338 g/mol. The Morgan fingerprint density at radius 3 is 2.44 bits per heavy atom. The number of anilines is 1. The first-order chi connectivity index (χ1) is 12.0. The van der Waals surface area contributed by atoms with Crippen LogP contribution < -0.4 is 15.4 Å². The van der Waals surface area contributed by atoms with E-state index in [1.54, 1.807) is 31.4 Å². The quantitative estimate of drug-likeness (QED) is 0.796.